The Morgan fingerprint density at radius 3 is 2.83 bits per heavy atom. The zero-order valence-electron chi connectivity index (χ0n) is 11.0. The molecule has 1 fully saturated rings. The maximum Gasteiger partial charge on any atom is 0.259 e. The SMILES string of the molecule is Cc1nc(S(=O)(=O)N[C@@H]2CCCN[C@H]2C)cn1C. The van der Waals surface area contributed by atoms with Gasteiger partial charge >= 0.3 is 0 Å². The lowest BCUT2D eigenvalue weighted by atomic mass is 10.0. The van der Waals surface area contributed by atoms with Crippen molar-refractivity contribution in [3.8, 4) is 0 Å². The number of hydrogen-bond donors (Lipinski definition) is 2. The fourth-order valence-electron chi connectivity index (χ4n) is 2.12. The molecule has 1 aliphatic heterocycles. The quantitative estimate of drug-likeness (QED) is 0.821. The van der Waals surface area contributed by atoms with Crippen molar-refractivity contribution in [2.24, 2.45) is 7.05 Å². The summed E-state index contributed by atoms with van der Waals surface area (Å²) in [5.74, 6) is 0.685. The molecule has 0 aliphatic carbocycles. The molecule has 0 radical (unpaired) electrons. The number of piperidine rings is 1. The van der Waals surface area contributed by atoms with Gasteiger partial charge in [-0.05, 0) is 33.2 Å². The third-order valence-electron chi connectivity index (χ3n) is 3.43. The monoisotopic (exact) mass is 272 g/mol. The third-order valence-corrected chi connectivity index (χ3v) is 4.79. The standard InChI is InChI=1S/C11H20N4O2S/c1-8-10(5-4-6-12-8)14-18(16,17)11-7-15(3)9(2)13-11/h7-8,10,12,14H,4-6H2,1-3H3/t8-,10+/m0/s1. The van der Waals surface area contributed by atoms with Crippen molar-refractivity contribution in [3.05, 3.63) is 12.0 Å². The molecular weight excluding hydrogens is 252 g/mol. The molecule has 1 saturated heterocycles. The van der Waals surface area contributed by atoms with E-state index < -0.39 is 10.0 Å². The van der Waals surface area contributed by atoms with Crippen molar-refractivity contribution in [3.63, 3.8) is 0 Å². The van der Waals surface area contributed by atoms with Gasteiger partial charge in [-0.15, -0.1) is 0 Å². The van der Waals surface area contributed by atoms with Crippen LogP contribution in [0.1, 0.15) is 25.6 Å². The molecule has 2 atom stereocenters. The normalized spacial score (nSPS) is 25.3. The molecule has 0 spiro atoms. The molecular formula is C11H20N4O2S. The minimum absolute atomic E-state index is 0.0638. The first-order valence-electron chi connectivity index (χ1n) is 6.16. The Balaban J connectivity index is 2.16. The van der Waals surface area contributed by atoms with Gasteiger partial charge in [0.15, 0.2) is 5.03 Å². The largest absolute Gasteiger partial charge is 0.337 e. The molecule has 0 bridgehead atoms. The van der Waals surface area contributed by atoms with Crippen LogP contribution in [-0.4, -0.2) is 36.6 Å². The first-order valence-corrected chi connectivity index (χ1v) is 7.64. The van der Waals surface area contributed by atoms with Crippen LogP contribution in [0.15, 0.2) is 11.2 Å². The Hall–Kier alpha value is -0.920. The van der Waals surface area contributed by atoms with Gasteiger partial charge in [0.25, 0.3) is 10.0 Å². The molecule has 1 aliphatic rings. The Labute approximate surface area is 108 Å². The molecule has 2 heterocycles. The lowest BCUT2D eigenvalue weighted by Crippen LogP contribution is -2.51. The van der Waals surface area contributed by atoms with Crippen molar-refractivity contribution in [2.75, 3.05) is 6.54 Å². The highest BCUT2D eigenvalue weighted by atomic mass is 32.2. The van der Waals surface area contributed by atoms with Crippen LogP contribution in [0, 0.1) is 6.92 Å². The number of sulfonamides is 1. The molecule has 0 aromatic carbocycles. The van der Waals surface area contributed by atoms with E-state index in [2.05, 4.69) is 15.0 Å². The van der Waals surface area contributed by atoms with Gasteiger partial charge < -0.3 is 9.88 Å². The van der Waals surface area contributed by atoms with Crippen LogP contribution >= 0.6 is 0 Å². The Bertz CT molecular complexity index is 504. The van der Waals surface area contributed by atoms with Gasteiger partial charge in [0.05, 0.1) is 0 Å². The summed E-state index contributed by atoms with van der Waals surface area (Å²) >= 11 is 0. The smallest absolute Gasteiger partial charge is 0.259 e. The van der Waals surface area contributed by atoms with Crippen LogP contribution in [-0.2, 0) is 17.1 Å². The van der Waals surface area contributed by atoms with Crippen molar-refractivity contribution in [2.45, 2.75) is 43.8 Å². The first kappa shape index (κ1) is 13.5. The number of rotatable bonds is 3. The van der Waals surface area contributed by atoms with Gasteiger partial charge in [0.1, 0.15) is 5.82 Å². The summed E-state index contributed by atoms with van der Waals surface area (Å²) < 4.78 is 28.8. The molecule has 1 aromatic rings. The van der Waals surface area contributed by atoms with Gasteiger partial charge in [-0.2, -0.15) is 0 Å². The fourth-order valence-corrected chi connectivity index (χ4v) is 3.51. The van der Waals surface area contributed by atoms with Crippen molar-refractivity contribution >= 4 is 10.0 Å². The van der Waals surface area contributed by atoms with E-state index in [0.717, 1.165) is 19.4 Å². The number of hydrogen-bond acceptors (Lipinski definition) is 4. The molecule has 0 unspecified atom stereocenters. The van der Waals surface area contributed by atoms with E-state index in [9.17, 15) is 8.42 Å². The van der Waals surface area contributed by atoms with E-state index in [1.165, 1.54) is 0 Å². The van der Waals surface area contributed by atoms with E-state index in [-0.39, 0.29) is 17.1 Å². The van der Waals surface area contributed by atoms with Gasteiger partial charge in [0, 0.05) is 25.3 Å². The van der Waals surface area contributed by atoms with E-state index in [1.54, 1.807) is 24.7 Å². The van der Waals surface area contributed by atoms with Gasteiger partial charge in [-0.1, -0.05) is 0 Å². The van der Waals surface area contributed by atoms with Crippen molar-refractivity contribution < 1.29 is 8.42 Å². The minimum Gasteiger partial charge on any atom is -0.337 e. The number of aromatic nitrogens is 2. The van der Waals surface area contributed by atoms with Gasteiger partial charge in [-0.3, -0.25) is 0 Å². The van der Waals surface area contributed by atoms with Gasteiger partial charge in [0.2, 0.25) is 0 Å². The molecule has 2 rings (SSSR count). The summed E-state index contributed by atoms with van der Waals surface area (Å²) in [5.41, 5.74) is 0. The average Bonchev–Trinajstić information content (AvgIpc) is 2.63. The van der Waals surface area contributed by atoms with Crippen LogP contribution in [0.2, 0.25) is 0 Å². The predicted octanol–water partition coefficient (Wildman–Crippen LogP) is 0.147. The second kappa shape index (κ2) is 4.99. The summed E-state index contributed by atoms with van der Waals surface area (Å²) in [7, 11) is -1.73. The van der Waals surface area contributed by atoms with E-state index in [4.69, 9.17) is 0 Å². The van der Waals surface area contributed by atoms with Crippen LogP contribution in [0.4, 0.5) is 0 Å². The van der Waals surface area contributed by atoms with E-state index in [0.29, 0.717) is 5.82 Å². The van der Waals surface area contributed by atoms with E-state index in [1.807, 2.05) is 6.92 Å². The number of nitrogens with zero attached hydrogens (tertiary/aromatic N) is 2. The Morgan fingerprint density at radius 1 is 1.56 bits per heavy atom. The zero-order valence-corrected chi connectivity index (χ0v) is 11.8. The Morgan fingerprint density at radius 2 is 2.28 bits per heavy atom. The molecule has 0 amide bonds. The lowest BCUT2D eigenvalue weighted by molar-refractivity contribution is 0.348. The Kier molecular flexibility index (Phi) is 3.74. The highest BCUT2D eigenvalue weighted by molar-refractivity contribution is 7.89. The second-order valence-electron chi connectivity index (χ2n) is 4.85. The van der Waals surface area contributed by atoms with Crippen LogP contribution in [0.5, 0.6) is 0 Å². The summed E-state index contributed by atoms with van der Waals surface area (Å²) in [6.45, 7) is 4.72. The summed E-state index contributed by atoms with van der Waals surface area (Å²) in [6.07, 6.45) is 3.39. The minimum atomic E-state index is -3.52. The first-order chi connectivity index (χ1) is 8.40. The second-order valence-corrected chi connectivity index (χ2v) is 6.51. The number of aryl methyl sites for hydroxylation is 2. The lowest BCUT2D eigenvalue weighted by Gasteiger charge is -2.30. The van der Waals surface area contributed by atoms with Crippen LogP contribution in [0.3, 0.4) is 0 Å². The molecule has 7 heteroatoms. The van der Waals surface area contributed by atoms with Crippen LogP contribution < -0.4 is 10.0 Å². The third kappa shape index (κ3) is 2.73. The van der Waals surface area contributed by atoms with Crippen molar-refractivity contribution in [1.29, 1.82) is 0 Å². The molecule has 18 heavy (non-hydrogen) atoms. The van der Waals surface area contributed by atoms with E-state index >= 15 is 0 Å². The predicted molar refractivity (Wildman–Crippen MR) is 68.8 cm³/mol. The molecule has 1 aromatic heterocycles. The molecule has 0 saturated carbocycles. The fraction of sp³-hybridized carbons (Fsp3) is 0.727. The highest BCUT2D eigenvalue weighted by Crippen LogP contribution is 2.13. The average molecular weight is 272 g/mol. The molecule has 2 N–H and O–H groups in total. The maximum absolute atomic E-state index is 12.2. The number of nitrogens with one attached hydrogen (secondary N) is 2. The molecule has 102 valence electrons. The summed E-state index contributed by atoms with van der Waals surface area (Å²) in [4.78, 5) is 4.06. The topological polar surface area (TPSA) is 76.0 Å². The van der Waals surface area contributed by atoms with Crippen LogP contribution in [0.25, 0.3) is 0 Å². The van der Waals surface area contributed by atoms with Crippen molar-refractivity contribution in [1.82, 2.24) is 19.6 Å². The zero-order chi connectivity index (χ0) is 13.3. The number of imidazole rings is 1. The molecule has 6 nitrogen and oxygen atoms in total. The maximum atomic E-state index is 12.2. The summed E-state index contributed by atoms with van der Waals surface area (Å²) in [6, 6.07) is 0.0874. The summed E-state index contributed by atoms with van der Waals surface area (Å²) in [5, 5.41) is 3.37. The highest BCUT2D eigenvalue weighted by Gasteiger charge is 2.27. The van der Waals surface area contributed by atoms with Gasteiger partial charge in [-0.25, -0.2) is 18.1 Å².